The van der Waals surface area contributed by atoms with Gasteiger partial charge in [0.2, 0.25) is 0 Å². The summed E-state index contributed by atoms with van der Waals surface area (Å²) < 4.78 is 0. The van der Waals surface area contributed by atoms with E-state index in [1.807, 2.05) is 19.1 Å². The highest BCUT2D eigenvalue weighted by Gasteiger charge is 2.15. The first-order valence-electron chi connectivity index (χ1n) is 5.13. The third-order valence-corrected chi connectivity index (χ3v) is 2.34. The molecule has 0 atom stereocenters. The van der Waals surface area contributed by atoms with E-state index in [9.17, 15) is 4.79 Å². The van der Waals surface area contributed by atoms with Gasteiger partial charge < -0.3 is 11.1 Å². The SMILES string of the molecule is Cc1cccc(NC(=O)c2n[nH]c(C)c2N)n1. The van der Waals surface area contributed by atoms with Gasteiger partial charge in [-0.1, -0.05) is 6.07 Å². The van der Waals surface area contributed by atoms with E-state index in [4.69, 9.17) is 5.73 Å². The Hall–Kier alpha value is -2.37. The van der Waals surface area contributed by atoms with E-state index >= 15 is 0 Å². The summed E-state index contributed by atoms with van der Waals surface area (Å²) in [6.07, 6.45) is 0. The molecule has 0 spiro atoms. The number of hydrogen-bond donors (Lipinski definition) is 3. The van der Waals surface area contributed by atoms with Crippen molar-refractivity contribution in [2.24, 2.45) is 0 Å². The summed E-state index contributed by atoms with van der Waals surface area (Å²) in [7, 11) is 0. The molecule has 2 aromatic heterocycles. The zero-order valence-corrected chi connectivity index (χ0v) is 9.61. The van der Waals surface area contributed by atoms with E-state index in [0.29, 0.717) is 17.2 Å². The summed E-state index contributed by atoms with van der Waals surface area (Å²) >= 11 is 0. The highest BCUT2D eigenvalue weighted by molar-refractivity contribution is 6.06. The van der Waals surface area contributed by atoms with Crippen LogP contribution in [-0.4, -0.2) is 21.1 Å². The standard InChI is InChI=1S/C11H13N5O/c1-6-4-3-5-8(13-6)14-11(17)10-9(12)7(2)15-16-10/h3-5H,12H2,1-2H3,(H,15,16)(H,13,14,17). The molecule has 6 nitrogen and oxygen atoms in total. The van der Waals surface area contributed by atoms with Crippen molar-refractivity contribution < 1.29 is 4.79 Å². The minimum absolute atomic E-state index is 0.186. The number of aryl methyl sites for hydroxylation is 2. The van der Waals surface area contributed by atoms with Gasteiger partial charge in [-0.05, 0) is 26.0 Å². The summed E-state index contributed by atoms with van der Waals surface area (Å²) in [5, 5.41) is 9.14. The van der Waals surface area contributed by atoms with Crippen LogP contribution >= 0.6 is 0 Å². The lowest BCUT2D eigenvalue weighted by molar-refractivity contribution is 0.102. The van der Waals surface area contributed by atoms with Gasteiger partial charge in [0.05, 0.1) is 11.4 Å². The molecule has 2 rings (SSSR count). The molecule has 0 aliphatic carbocycles. The van der Waals surface area contributed by atoms with Gasteiger partial charge in [0.1, 0.15) is 5.82 Å². The van der Waals surface area contributed by atoms with E-state index in [1.165, 1.54) is 0 Å². The molecule has 0 fully saturated rings. The quantitative estimate of drug-likeness (QED) is 0.724. The summed E-state index contributed by atoms with van der Waals surface area (Å²) in [5.41, 5.74) is 7.76. The fourth-order valence-corrected chi connectivity index (χ4v) is 1.40. The first kappa shape index (κ1) is 11.1. The van der Waals surface area contributed by atoms with E-state index < -0.39 is 0 Å². The zero-order chi connectivity index (χ0) is 12.4. The Balaban J connectivity index is 2.20. The second-order valence-electron chi connectivity index (χ2n) is 3.73. The van der Waals surface area contributed by atoms with E-state index in [-0.39, 0.29) is 11.6 Å². The number of anilines is 2. The predicted octanol–water partition coefficient (Wildman–Crippen LogP) is 1.26. The molecule has 17 heavy (non-hydrogen) atoms. The number of hydrogen-bond acceptors (Lipinski definition) is 4. The number of nitrogens with one attached hydrogen (secondary N) is 2. The largest absolute Gasteiger partial charge is 0.395 e. The van der Waals surface area contributed by atoms with Crippen molar-refractivity contribution in [1.29, 1.82) is 0 Å². The van der Waals surface area contributed by atoms with Crippen molar-refractivity contribution in [2.75, 3.05) is 11.1 Å². The molecule has 6 heteroatoms. The molecule has 0 aliphatic heterocycles. The second-order valence-corrected chi connectivity index (χ2v) is 3.73. The number of rotatable bonds is 2. The molecule has 0 aliphatic rings. The van der Waals surface area contributed by atoms with Crippen LogP contribution in [0.1, 0.15) is 21.9 Å². The van der Waals surface area contributed by atoms with Gasteiger partial charge in [0.15, 0.2) is 5.69 Å². The maximum Gasteiger partial charge on any atom is 0.279 e. The van der Waals surface area contributed by atoms with E-state index in [0.717, 1.165) is 5.69 Å². The molecular formula is C11H13N5O. The van der Waals surface area contributed by atoms with Crippen molar-refractivity contribution >= 4 is 17.4 Å². The van der Waals surface area contributed by atoms with Crippen LogP contribution in [0.15, 0.2) is 18.2 Å². The number of pyridine rings is 1. The second kappa shape index (κ2) is 4.25. The zero-order valence-electron chi connectivity index (χ0n) is 9.61. The Bertz CT molecular complexity index is 561. The molecule has 2 heterocycles. The molecule has 0 unspecified atom stereocenters. The average Bonchev–Trinajstić information content (AvgIpc) is 2.60. The molecule has 0 radical (unpaired) electrons. The van der Waals surface area contributed by atoms with Gasteiger partial charge >= 0.3 is 0 Å². The fourth-order valence-electron chi connectivity index (χ4n) is 1.40. The van der Waals surface area contributed by atoms with Crippen molar-refractivity contribution in [3.8, 4) is 0 Å². The minimum atomic E-state index is -0.370. The molecule has 0 saturated carbocycles. The maximum absolute atomic E-state index is 11.8. The Morgan fingerprint density at radius 3 is 2.76 bits per heavy atom. The van der Waals surface area contributed by atoms with Crippen LogP contribution in [0.2, 0.25) is 0 Å². The fraction of sp³-hybridized carbons (Fsp3) is 0.182. The topological polar surface area (TPSA) is 96.7 Å². The number of nitrogens with zero attached hydrogens (tertiary/aromatic N) is 2. The van der Waals surface area contributed by atoms with Crippen molar-refractivity contribution in [2.45, 2.75) is 13.8 Å². The number of nitrogens with two attached hydrogens (primary N) is 1. The van der Waals surface area contributed by atoms with Crippen LogP contribution in [0.4, 0.5) is 11.5 Å². The Kier molecular flexibility index (Phi) is 2.78. The number of H-pyrrole nitrogens is 1. The third-order valence-electron chi connectivity index (χ3n) is 2.34. The Labute approximate surface area is 98.3 Å². The van der Waals surface area contributed by atoms with Crippen LogP contribution in [0.3, 0.4) is 0 Å². The minimum Gasteiger partial charge on any atom is -0.395 e. The number of aromatic amines is 1. The molecule has 4 N–H and O–H groups in total. The molecule has 0 aromatic carbocycles. The number of carbonyl (C=O) groups is 1. The lowest BCUT2D eigenvalue weighted by Gasteiger charge is -2.03. The van der Waals surface area contributed by atoms with Crippen molar-refractivity contribution in [3.05, 3.63) is 35.3 Å². The lowest BCUT2D eigenvalue weighted by Crippen LogP contribution is -2.15. The molecule has 0 bridgehead atoms. The van der Waals surface area contributed by atoms with Crippen LogP contribution in [0, 0.1) is 13.8 Å². The molecule has 0 saturated heterocycles. The highest BCUT2D eigenvalue weighted by Crippen LogP contribution is 2.14. The van der Waals surface area contributed by atoms with Gasteiger partial charge in [0, 0.05) is 5.69 Å². The van der Waals surface area contributed by atoms with Crippen LogP contribution < -0.4 is 11.1 Å². The first-order chi connectivity index (χ1) is 8.08. The summed E-state index contributed by atoms with van der Waals surface area (Å²) in [6.45, 7) is 3.60. The smallest absolute Gasteiger partial charge is 0.279 e. The number of carbonyl (C=O) groups excluding carboxylic acids is 1. The summed E-state index contributed by atoms with van der Waals surface area (Å²) in [6, 6.07) is 5.38. The van der Waals surface area contributed by atoms with Gasteiger partial charge in [-0.25, -0.2) is 4.98 Å². The van der Waals surface area contributed by atoms with Gasteiger partial charge in [0.25, 0.3) is 5.91 Å². The molecular weight excluding hydrogens is 218 g/mol. The Morgan fingerprint density at radius 1 is 1.41 bits per heavy atom. The van der Waals surface area contributed by atoms with Gasteiger partial charge in [-0.2, -0.15) is 5.10 Å². The molecule has 2 aromatic rings. The summed E-state index contributed by atoms with van der Waals surface area (Å²) in [5.74, 6) is 0.111. The number of amides is 1. The maximum atomic E-state index is 11.8. The molecule has 88 valence electrons. The highest BCUT2D eigenvalue weighted by atomic mass is 16.2. The number of aromatic nitrogens is 3. The third kappa shape index (κ3) is 2.25. The van der Waals surface area contributed by atoms with Crippen molar-refractivity contribution in [1.82, 2.24) is 15.2 Å². The number of nitrogen functional groups attached to an aromatic ring is 1. The Morgan fingerprint density at radius 2 is 2.18 bits per heavy atom. The van der Waals surface area contributed by atoms with Crippen LogP contribution in [0.5, 0.6) is 0 Å². The van der Waals surface area contributed by atoms with Crippen LogP contribution in [0.25, 0.3) is 0 Å². The van der Waals surface area contributed by atoms with Gasteiger partial charge in [-0.15, -0.1) is 0 Å². The van der Waals surface area contributed by atoms with Gasteiger partial charge in [-0.3, -0.25) is 9.89 Å². The first-order valence-corrected chi connectivity index (χ1v) is 5.13. The van der Waals surface area contributed by atoms with E-state index in [1.54, 1.807) is 13.0 Å². The molecule has 1 amide bonds. The van der Waals surface area contributed by atoms with Crippen LogP contribution in [-0.2, 0) is 0 Å². The summed E-state index contributed by atoms with van der Waals surface area (Å²) in [4.78, 5) is 16.0. The van der Waals surface area contributed by atoms with E-state index in [2.05, 4.69) is 20.5 Å². The lowest BCUT2D eigenvalue weighted by atomic mass is 10.3. The average molecular weight is 231 g/mol. The normalized spacial score (nSPS) is 10.2. The predicted molar refractivity (Wildman–Crippen MR) is 64.7 cm³/mol. The van der Waals surface area contributed by atoms with Crippen molar-refractivity contribution in [3.63, 3.8) is 0 Å². The monoisotopic (exact) mass is 231 g/mol.